The van der Waals surface area contributed by atoms with E-state index in [0.29, 0.717) is 36.9 Å². The number of nitrogens with zero attached hydrogens (tertiary/aromatic N) is 3. The zero-order chi connectivity index (χ0) is 14.1. The summed E-state index contributed by atoms with van der Waals surface area (Å²) in [6.07, 6.45) is 3.34. The van der Waals surface area contributed by atoms with Crippen LogP contribution in [0.15, 0.2) is 6.07 Å². The van der Waals surface area contributed by atoms with Crippen molar-refractivity contribution < 1.29 is 9.59 Å². The van der Waals surface area contributed by atoms with Crippen molar-refractivity contribution in [3.8, 4) is 0 Å². The van der Waals surface area contributed by atoms with Crippen LogP contribution in [-0.4, -0.2) is 46.1 Å². The third-order valence-electron chi connectivity index (χ3n) is 3.81. The van der Waals surface area contributed by atoms with Crippen LogP contribution < -0.4 is 5.32 Å². The van der Waals surface area contributed by atoms with E-state index in [-0.39, 0.29) is 11.8 Å². The van der Waals surface area contributed by atoms with Gasteiger partial charge in [0.15, 0.2) is 5.69 Å². The summed E-state index contributed by atoms with van der Waals surface area (Å²) in [4.78, 5) is 26.1. The maximum atomic E-state index is 12.4. The highest BCUT2D eigenvalue weighted by molar-refractivity contribution is 5.98. The highest BCUT2D eigenvalue weighted by Crippen LogP contribution is 2.30. The maximum Gasteiger partial charge on any atom is 0.272 e. The first-order valence-corrected chi connectivity index (χ1v) is 7.34. The lowest BCUT2D eigenvalue weighted by Crippen LogP contribution is -2.41. The van der Waals surface area contributed by atoms with Gasteiger partial charge in [0.1, 0.15) is 5.69 Å². The third kappa shape index (κ3) is 2.55. The summed E-state index contributed by atoms with van der Waals surface area (Å²) < 4.78 is 1.66. The number of hydrogen-bond acceptors (Lipinski definition) is 3. The van der Waals surface area contributed by atoms with Gasteiger partial charge in [-0.05, 0) is 25.2 Å². The zero-order valence-corrected chi connectivity index (χ0v) is 11.8. The number of hydrogen-bond donors (Lipinski definition) is 1. The van der Waals surface area contributed by atoms with Gasteiger partial charge in [-0.2, -0.15) is 5.10 Å². The second-order valence-electron chi connectivity index (χ2n) is 5.59. The quantitative estimate of drug-likeness (QED) is 0.868. The molecule has 0 aromatic carbocycles. The lowest BCUT2D eigenvalue weighted by Gasteiger charge is -2.27. The zero-order valence-electron chi connectivity index (χ0n) is 11.8. The fraction of sp³-hybridized carbons (Fsp3) is 0.643. The molecule has 0 spiro atoms. The third-order valence-corrected chi connectivity index (χ3v) is 3.81. The van der Waals surface area contributed by atoms with Crippen LogP contribution in [0, 0.1) is 5.92 Å². The summed E-state index contributed by atoms with van der Waals surface area (Å²) in [6, 6.07) is 1.62. The molecule has 0 radical (unpaired) electrons. The summed E-state index contributed by atoms with van der Waals surface area (Å²) in [5.74, 6) is 0.487. The van der Waals surface area contributed by atoms with Crippen molar-refractivity contribution >= 4 is 11.8 Å². The first kappa shape index (κ1) is 13.1. The van der Waals surface area contributed by atoms with Crippen LogP contribution in [0.3, 0.4) is 0 Å². The van der Waals surface area contributed by atoms with Gasteiger partial charge in [0.25, 0.3) is 11.8 Å². The first-order valence-electron chi connectivity index (χ1n) is 7.34. The van der Waals surface area contributed by atoms with Gasteiger partial charge in [-0.15, -0.1) is 0 Å². The van der Waals surface area contributed by atoms with E-state index in [9.17, 15) is 9.59 Å². The topological polar surface area (TPSA) is 67.2 Å². The molecular weight excluding hydrogens is 256 g/mol. The number of rotatable bonds is 5. The number of carbonyl (C=O) groups excluding carboxylic acids is 2. The molecule has 0 unspecified atom stereocenters. The van der Waals surface area contributed by atoms with E-state index in [1.807, 2.05) is 11.8 Å². The van der Waals surface area contributed by atoms with E-state index < -0.39 is 0 Å². The van der Waals surface area contributed by atoms with E-state index >= 15 is 0 Å². The fourth-order valence-electron chi connectivity index (χ4n) is 2.46. The number of fused-ring (bicyclic) bond motifs is 1. The van der Waals surface area contributed by atoms with Gasteiger partial charge in [0.2, 0.25) is 0 Å². The summed E-state index contributed by atoms with van der Waals surface area (Å²) in [7, 11) is 0. The van der Waals surface area contributed by atoms with Crippen LogP contribution in [0.25, 0.3) is 0 Å². The SMILES string of the molecule is CCCNC(=O)c1cc2n(n1)CCN(CC1CC1)C2=O. The molecule has 3 rings (SSSR count). The predicted molar refractivity (Wildman–Crippen MR) is 73.5 cm³/mol. The minimum absolute atomic E-state index is 0.00481. The second kappa shape index (κ2) is 5.26. The molecule has 1 fully saturated rings. The molecule has 0 saturated heterocycles. The van der Waals surface area contributed by atoms with Crippen molar-refractivity contribution in [1.29, 1.82) is 0 Å². The van der Waals surface area contributed by atoms with Crippen LogP contribution in [-0.2, 0) is 6.54 Å². The molecule has 1 aromatic rings. The number of aromatic nitrogens is 2. The molecule has 1 saturated carbocycles. The van der Waals surface area contributed by atoms with Crippen molar-refractivity contribution in [2.24, 2.45) is 5.92 Å². The van der Waals surface area contributed by atoms with Gasteiger partial charge in [-0.1, -0.05) is 6.92 Å². The molecule has 1 aromatic heterocycles. The molecule has 2 aliphatic rings. The number of nitrogens with one attached hydrogen (secondary N) is 1. The lowest BCUT2D eigenvalue weighted by atomic mass is 10.2. The smallest absolute Gasteiger partial charge is 0.272 e. The average molecular weight is 276 g/mol. The average Bonchev–Trinajstić information content (AvgIpc) is 3.15. The van der Waals surface area contributed by atoms with E-state index in [2.05, 4.69) is 10.4 Å². The molecular formula is C14H20N4O2. The van der Waals surface area contributed by atoms with Crippen molar-refractivity contribution in [2.45, 2.75) is 32.7 Å². The van der Waals surface area contributed by atoms with Gasteiger partial charge in [0.05, 0.1) is 6.54 Å². The Hall–Kier alpha value is -1.85. The van der Waals surface area contributed by atoms with Gasteiger partial charge in [-0.25, -0.2) is 0 Å². The van der Waals surface area contributed by atoms with Gasteiger partial charge in [0, 0.05) is 25.7 Å². The van der Waals surface area contributed by atoms with Crippen molar-refractivity contribution in [2.75, 3.05) is 19.6 Å². The van der Waals surface area contributed by atoms with Crippen LogP contribution in [0.2, 0.25) is 0 Å². The number of amides is 2. The standard InChI is InChI=1S/C14H20N4O2/c1-2-5-15-13(19)11-8-12-14(20)17(9-10-3-4-10)6-7-18(12)16-11/h8,10H,2-7,9H2,1H3,(H,15,19). The molecule has 1 aliphatic carbocycles. The minimum Gasteiger partial charge on any atom is -0.351 e. The Bertz CT molecular complexity index is 533. The Kier molecular flexibility index (Phi) is 3.46. The molecule has 2 amide bonds. The molecule has 6 heteroatoms. The second-order valence-corrected chi connectivity index (χ2v) is 5.59. The Labute approximate surface area is 118 Å². The summed E-state index contributed by atoms with van der Waals surface area (Å²) in [6.45, 7) is 4.84. The van der Waals surface area contributed by atoms with Crippen LogP contribution >= 0.6 is 0 Å². The first-order chi connectivity index (χ1) is 9.69. The highest BCUT2D eigenvalue weighted by atomic mass is 16.2. The van der Waals surface area contributed by atoms with Crippen LogP contribution in [0.5, 0.6) is 0 Å². The number of carbonyl (C=O) groups is 2. The minimum atomic E-state index is -0.199. The Morgan fingerprint density at radius 1 is 1.45 bits per heavy atom. The summed E-state index contributed by atoms with van der Waals surface area (Å²) >= 11 is 0. The molecule has 1 aliphatic heterocycles. The molecule has 108 valence electrons. The van der Waals surface area contributed by atoms with E-state index in [1.165, 1.54) is 12.8 Å². The molecule has 0 bridgehead atoms. The fourth-order valence-corrected chi connectivity index (χ4v) is 2.46. The maximum absolute atomic E-state index is 12.4. The van der Waals surface area contributed by atoms with Crippen molar-refractivity contribution in [1.82, 2.24) is 20.0 Å². The Morgan fingerprint density at radius 2 is 2.25 bits per heavy atom. The van der Waals surface area contributed by atoms with Crippen LogP contribution in [0.1, 0.15) is 47.2 Å². The summed E-state index contributed by atoms with van der Waals surface area (Å²) in [5, 5.41) is 7.03. The van der Waals surface area contributed by atoms with Gasteiger partial charge in [-0.3, -0.25) is 14.3 Å². The Morgan fingerprint density at radius 3 is 2.95 bits per heavy atom. The van der Waals surface area contributed by atoms with Gasteiger partial charge >= 0.3 is 0 Å². The lowest BCUT2D eigenvalue weighted by molar-refractivity contribution is 0.0688. The largest absolute Gasteiger partial charge is 0.351 e. The van der Waals surface area contributed by atoms with Crippen LogP contribution in [0.4, 0.5) is 0 Å². The Balaban J connectivity index is 1.73. The molecule has 2 heterocycles. The van der Waals surface area contributed by atoms with Crippen molar-refractivity contribution in [3.63, 3.8) is 0 Å². The monoisotopic (exact) mass is 276 g/mol. The molecule has 1 N–H and O–H groups in total. The van der Waals surface area contributed by atoms with Crippen molar-refractivity contribution in [3.05, 3.63) is 17.5 Å². The summed E-state index contributed by atoms with van der Waals surface area (Å²) in [5.41, 5.74) is 0.883. The normalized spacial score (nSPS) is 18.1. The van der Waals surface area contributed by atoms with E-state index in [4.69, 9.17) is 0 Å². The van der Waals surface area contributed by atoms with Gasteiger partial charge < -0.3 is 10.2 Å². The molecule has 0 atom stereocenters. The highest BCUT2D eigenvalue weighted by Gasteiger charge is 2.32. The predicted octanol–water partition coefficient (Wildman–Crippen LogP) is 0.889. The molecule has 20 heavy (non-hydrogen) atoms. The van der Waals surface area contributed by atoms with E-state index in [0.717, 1.165) is 13.0 Å². The molecule has 6 nitrogen and oxygen atoms in total. The van der Waals surface area contributed by atoms with E-state index in [1.54, 1.807) is 10.7 Å².